The summed E-state index contributed by atoms with van der Waals surface area (Å²) in [5.41, 5.74) is 5.24. The fourth-order valence-electron chi connectivity index (χ4n) is 4.84. The van der Waals surface area contributed by atoms with Crippen LogP contribution in [0.5, 0.6) is 0 Å². The Labute approximate surface area is 218 Å². The normalized spacial score (nSPS) is 18.4. The highest BCUT2D eigenvalue weighted by molar-refractivity contribution is 8.00. The number of amides is 2. The van der Waals surface area contributed by atoms with E-state index in [1.165, 1.54) is 0 Å². The summed E-state index contributed by atoms with van der Waals surface area (Å²) in [6, 6.07) is 11.8. The second-order valence-corrected chi connectivity index (χ2v) is 12.2. The van der Waals surface area contributed by atoms with Crippen LogP contribution in [-0.2, 0) is 9.71 Å². The van der Waals surface area contributed by atoms with Gasteiger partial charge in [-0.1, -0.05) is 18.2 Å². The van der Waals surface area contributed by atoms with E-state index in [-0.39, 0.29) is 6.03 Å². The number of urea groups is 1. The molecule has 0 radical (unpaired) electrons. The van der Waals surface area contributed by atoms with Crippen LogP contribution in [0.15, 0.2) is 36.4 Å². The van der Waals surface area contributed by atoms with Crippen molar-refractivity contribution in [3.8, 4) is 0 Å². The number of aromatic amines is 1. The number of nitrogens with one attached hydrogen (secondary N) is 3. The molecule has 3 N–H and O–H groups in total. The van der Waals surface area contributed by atoms with Crippen molar-refractivity contribution in [1.82, 2.24) is 20.0 Å². The summed E-state index contributed by atoms with van der Waals surface area (Å²) in [5.74, 6) is 3.79. The Balaban J connectivity index is 1.36. The summed E-state index contributed by atoms with van der Waals surface area (Å²) < 4.78 is 15.6. The van der Waals surface area contributed by atoms with Gasteiger partial charge in [0.25, 0.3) is 0 Å². The van der Waals surface area contributed by atoms with Crippen molar-refractivity contribution in [1.29, 1.82) is 0 Å². The number of carbonyl (C=O) groups is 1. The first-order valence-electron chi connectivity index (χ1n) is 12.6. The number of hydrogen-bond donors (Lipinski definition) is 3. The molecular weight excluding hydrogens is 486 g/mol. The Bertz CT molecular complexity index is 1420. The van der Waals surface area contributed by atoms with E-state index in [9.17, 15) is 9.00 Å². The number of rotatable bonds is 6. The number of likely N-dealkylation sites (N-methyl/N-ethyl adjacent to an activating group) is 1. The van der Waals surface area contributed by atoms with Crippen molar-refractivity contribution < 1.29 is 9.00 Å². The first-order valence-corrected chi connectivity index (χ1v) is 14.8. The van der Waals surface area contributed by atoms with Gasteiger partial charge in [-0.2, -0.15) is 5.10 Å². The summed E-state index contributed by atoms with van der Waals surface area (Å²) in [6.45, 7) is 5.18. The highest BCUT2D eigenvalue weighted by atomic mass is 32.2. The zero-order chi connectivity index (χ0) is 26.0. The largest absolute Gasteiger partial charge is 0.370 e. The molecule has 2 aliphatic rings. The molecule has 9 nitrogen and oxygen atoms in total. The number of carbonyl (C=O) groups excluding carboxylic acids is 1. The molecule has 1 unspecified atom stereocenters. The fraction of sp³-hybridized carbons (Fsp3) is 0.370. The number of anilines is 3. The minimum Gasteiger partial charge on any atom is -0.370 e. The molecule has 2 aliphatic heterocycles. The van der Waals surface area contributed by atoms with Crippen molar-refractivity contribution in [3.05, 3.63) is 47.7 Å². The maximum absolute atomic E-state index is 12.7. The summed E-state index contributed by atoms with van der Waals surface area (Å²) in [6.07, 6.45) is 7.83. The first-order chi connectivity index (χ1) is 17.7. The topological polar surface area (TPSA) is 96.6 Å². The summed E-state index contributed by atoms with van der Waals surface area (Å²) >= 11 is 0. The Morgan fingerprint density at radius 1 is 1.08 bits per heavy atom. The smallest absolute Gasteiger partial charge is 0.321 e. The van der Waals surface area contributed by atoms with Gasteiger partial charge in [0.1, 0.15) is 0 Å². The van der Waals surface area contributed by atoms with Crippen LogP contribution in [0.25, 0.3) is 23.1 Å². The van der Waals surface area contributed by atoms with Crippen molar-refractivity contribution in [2.24, 2.45) is 0 Å². The number of aromatic nitrogens is 2. The van der Waals surface area contributed by atoms with Crippen LogP contribution in [0.1, 0.15) is 24.1 Å². The van der Waals surface area contributed by atoms with E-state index in [1.54, 1.807) is 6.26 Å². The Morgan fingerprint density at radius 3 is 2.57 bits per heavy atom. The third-order valence-corrected chi connectivity index (χ3v) is 7.49. The lowest BCUT2D eigenvalue weighted by atomic mass is 10.1. The second-order valence-electron chi connectivity index (χ2n) is 10.0. The van der Waals surface area contributed by atoms with Gasteiger partial charge in [0.15, 0.2) is 0 Å². The van der Waals surface area contributed by atoms with Crippen LogP contribution in [0.2, 0.25) is 0 Å². The van der Waals surface area contributed by atoms with E-state index < -0.39 is 9.71 Å². The zero-order valence-corrected chi connectivity index (χ0v) is 22.3. The second kappa shape index (κ2) is 10.5. The molecule has 0 spiro atoms. The van der Waals surface area contributed by atoms with E-state index in [0.717, 1.165) is 91.3 Å². The van der Waals surface area contributed by atoms with E-state index in [4.69, 9.17) is 0 Å². The maximum atomic E-state index is 12.7. The molecule has 0 bridgehead atoms. The van der Waals surface area contributed by atoms with Crippen LogP contribution in [-0.4, -0.2) is 88.7 Å². The van der Waals surface area contributed by atoms with Crippen molar-refractivity contribution in [2.75, 3.05) is 67.5 Å². The Morgan fingerprint density at radius 2 is 1.84 bits per heavy atom. The predicted molar refractivity (Wildman–Crippen MR) is 156 cm³/mol. The molecule has 2 aromatic carbocycles. The SMILES string of the molecule is C=S(C)(=O)Nc1cc2c(/C=C/c3cccc(NC(=O)N4CCN(C)CC4)c3)n[nH]c2cc1N1CCCC1. The highest BCUT2D eigenvalue weighted by Crippen LogP contribution is 2.35. The van der Waals surface area contributed by atoms with Gasteiger partial charge < -0.3 is 24.7 Å². The summed E-state index contributed by atoms with van der Waals surface area (Å²) in [7, 11) is -0.371. The first kappa shape index (κ1) is 25.2. The summed E-state index contributed by atoms with van der Waals surface area (Å²) in [5, 5.41) is 11.6. The van der Waals surface area contributed by atoms with Gasteiger partial charge in [-0.05, 0) is 61.7 Å². The van der Waals surface area contributed by atoms with E-state index in [2.05, 4.69) is 49.0 Å². The highest BCUT2D eigenvalue weighted by Gasteiger charge is 2.20. The van der Waals surface area contributed by atoms with Crippen molar-refractivity contribution in [3.63, 3.8) is 0 Å². The molecule has 2 fully saturated rings. The van der Waals surface area contributed by atoms with E-state index >= 15 is 0 Å². The van der Waals surface area contributed by atoms with Crippen molar-refractivity contribution in [2.45, 2.75) is 12.8 Å². The van der Waals surface area contributed by atoms with Gasteiger partial charge in [-0.25, -0.2) is 9.00 Å². The number of nitrogens with zero attached hydrogens (tertiary/aromatic N) is 4. The zero-order valence-electron chi connectivity index (χ0n) is 21.5. The molecule has 2 amide bonds. The molecule has 5 rings (SSSR count). The molecule has 37 heavy (non-hydrogen) atoms. The third kappa shape index (κ3) is 6.08. The third-order valence-electron chi connectivity index (χ3n) is 6.84. The van der Waals surface area contributed by atoms with Gasteiger partial charge in [0, 0.05) is 66.3 Å². The molecule has 0 saturated carbocycles. The standard InChI is InChI=1S/C27H35N7O2S/c1-32-13-15-34(16-14-32)27(35)28-21-8-6-7-20(17-21)9-10-23-22-18-25(31-37(2,3)36)26(19-24(22)30-29-23)33-11-4-5-12-33/h6-10,17-19H,2,4-5,11-16H2,1,3H3,(H,28,35)(H,29,30)(H,31,36)/b10-9+. The molecule has 1 aromatic heterocycles. The monoisotopic (exact) mass is 521 g/mol. The number of H-pyrrole nitrogens is 1. The van der Waals surface area contributed by atoms with Crippen LogP contribution < -0.4 is 14.9 Å². The lowest BCUT2D eigenvalue weighted by molar-refractivity contribution is 0.164. The fourth-order valence-corrected chi connectivity index (χ4v) is 5.47. The molecule has 10 heteroatoms. The molecule has 0 aliphatic carbocycles. The van der Waals surface area contributed by atoms with Crippen LogP contribution in [0.4, 0.5) is 21.9 Å². The Kier molecular flexibility index (Phi) is 7.12. The van der Waals surface area contributed by atoms with Crippen LogP contribution in [0.3, 0.4) is 0 Å². The molecule has 196 valence electrons. The molecular formula is C27H35N7O2S. The average Bonchev–Trinajstić information content (AvgIpc) is 3.52. The van der Waals surface area contributed by atoms with Gasteiger partial charge in [-0.3, -0.25) is 5.10 Å². The van der Waals surface area contributed by atoms with Gasteiger partial charge in [-0.15, -0.1) is 0 Å². The molecule has 3 heterocycles. The number of hydrogen-bond acceptors (Lipinski definition) is 5. The predicted octanol–water partition coefficient (Wildman–Crippen LogP) is 3.79. The van der Waals surface area contributed by atoms with Gasteiger partial charge in [0.2, 0.25) is 0 Å². The van der Waals surface area contributed by atoms with E-state index in [1.807, 2.05) is 47.4 Å². The number of fused-ring (bicyclic) bond motifs is 1. The molecule has 3 aromatic rings. The maximum Gasteiger partial charge on any atom is 0.321 e. The van der Waals surface area contributed by atoms with Crippen molar-refractivity contribution >= 4 is 61.7 Å². The lowest BCUT2D eigenvalue weighted by Gasteiger charge is -2.32. The Hall–Kier alpha value is -3.50. The minimum absolute atomic E-state index is 0.0701. The van der Waals surface area contributed by atoms with Crippen LogP contribution in [0, 0.1) is 0 Å². The van der Waals surface area contributed by atoms with Crippen LogP contribution >= 0.6 is 0 Å². The summed E-state index contributed by atoms with van der Waals surface area (Å²) in [4.78, 5) is 19.0. The number of benzene rings is 2. The average molecular weight is 522 g/mol. The minimum atomic E-state index is -2.44. The lowest BCUT2D eigenvalue weighted by Crippen LogP contribution is -2.48. The van der Waals surface area contributed by atoms with E-state index in [0.29, 0.717) is 0 Å². The molecule has 1 atom stereocenters. The quantitative estimate of drug-likeness (QED) is 0.429. The number of piperazine rings is 1. The van der Waals surface area contributed by atoms with Gasteiger partial charge in [0.05, 0.1) is 22.6 Å². The molecule has 2 saturated heterocycles. The van der Waals surface area contributed by atoms with Gasteiger partial charge >= 0.3 is 6.03 Å².